The maximum Gasteiger partial charge on any atom is 0.257 e. The van der Waals surface area contributed by atoms with Crippen molar-refractivity contribution in [1.82, 2.24) is 24.1 Å². The molecule has 1 saturated heterocycles. The molecule has 1 aliphatic carbocycles. The summed E-state index contributed by atoms with van der Waals surface area (Å²) in [6, 6.07) is 11.3. The highest BCUT2D eigenvalue weighted by molar-refractivity contribution is 7.92. The van der Waals surface area contributed by atoms with Gasteiger partial charge < -0.3 is 15.0 Å². The predicted octanol–water partition coefficient (Wildman–Crippen LogP) is 2.27. The molecular formula is C22H25N7O3S. The first-order chi connectivity index (χ1) is 16.0. The van der Waals surface area contributed by atoms with E-state index < -0.39 is 9.84 Å². The molecular weight excluding hydrogens is 442 g/mol. The number of aromatic nitrogens is 5. The molecule has 3 aromatic heterocycles. The molecule has 0 radical (unpaired) electrons. The lowest BCUT2D eigenvalue weighted by atomic mass is 10.2. The Morgan fingerprint density at radius 2 is 1.91 bits per heavy atom. The van der Waals surface area contributed by atoms with E-state index in [0.29, 0.717) is 55.8 Å². The Labute approximate surface area is 191 Å². The summed E-state index contributed by atoms with van der Waals surface area (Å²) in [5.74, 6) is 1.63. The number of ether oxygens (including phenoxy) is 1. The van der Waals surface area contributed by atoms with Crippen molar-refractivity contribution in [2.24, 2.45) is 0 Å². The van der Waals surface area contributed by atoms with E-state index in [1.54, 1.807) is 17.6 Å². The van der Waals surface area contributed by atoms with Gasteiger partial charge in [0.15, 0.2) is 20.7 Å². The van der Waals surface area contributed by atoms with Gasteiger partial charge in [0.05, 0.1) is 35.5 Å². The molecule has 1 atom stereocenters. The van der Waals surface area contributed by atoms with Gasteiger partial charge in [-0.05, 0) is 44.0 Å². The van der Waals surface area contributed by atoms with E-state index in [1.165, 1.54) is 0 Å². The number of morpholine rings is 1. The fourth-order valence-electron chi connectivity index (χ4n) is 4.45. The van der Waals surface area contributed by atoms with Crippen LogP contribution in [0.1, 0.15) is 19.8 Å². The fourth-order valence-corrected chi connectivity index (χ4v) is 6.19. The van der Waals surface area contributed by atoms with E-state index >= 15 is 0 Å². The van der Waals surface area contributed by atoms with E-state index in [9.17, 15) is 8.42 Å². The summed E-state index contributed by atoms with van der Waals surface area (Å²) in [4.78, 5) is 11.8. The number of para-hydroxylation sites is 2. The molecule has 2 fully saturated rings. The Bertz CT molecular complexity index is 1470. The van der Waals surface area contributed by atoms with Gasteiger partial charge in [-0.25, -0.2) is 22.5 Å². The normalized spacial score (nSPS) is 19.5. The average Bonchev–Trinajstić information content (AvgIpc) is 3.49. The molecule has 33 heavy (non-hydrogen) atoms. The van der Waals surface area contributed by atoms with E-state index in [-0.39, 0.29) is 16.3 Å². The number of nitrogens with one attached hydrogen (secondary N) is 1. The van der Waals surface area contributed by atoms with E-state index in [4.69, 9.17) is 14.8 Å². The average molecular weight is 468 g/mol. The molecule has 6 rings (SSSR count). The first kappa shape index (κ1) is 20.4. The van der Waals surface area contributed by atoms with Gasteiger partial charge in [-0.2, -0.15) is 4.98 Å². The van der Waals surface area contributed by atoms with Gasteiger partial charge in [-0.3, -0.25) is 0 Å². The highest BCUT2D eigenvalue weighted by Gasteiger charge is 2.39. The second kappa shape index (κ2) is 7.42. The van der Waals surface area contributed by atoms with Crippen LogP contribution >= 0.6 is 0 Å². The van der Waals surface area contributed by atoms with Crippen LogP contribution in [0.5, 0.6) is 0 Å². The molecule has 0 amide bonds. The number of fused-ring (bicyclic) bond motifs is 2. The van der Waals surface area contributed by atoms with Crippen molar-refractivity contribution in [3.8, 4) is 5.95 Å². The Kier molecular flexibility index (Phi) is 4.59. The molecule has 1 aliphatic heterocycles. The van der Waals surface area contributed by atoms with Gasteiger partial charge in [0.1, 0.15) is 5.52 Å². The Hall–Kier alpha value is -3.18. The van der Waals surface area contributed by atoms with Gasteiger partial charge in [-0.1, -0.05) is 12.1 Å². The Balaban J connectivity index is 1.65. The zero-order valence-electron chi connectivity index (χ0n) is 18.5. The van der Waals surface area contributed by atoms with Gasteiger partial charge in [0, 0.05) is 13.6 Å². The second-order valence-corrected chi connectivity index (χ2v) is 10.8. The zero-order chi connectivity index (χ0) is 22.7. The first-order valence-electron chi connectivity index (χ1n) is 11.1. The molecule has 2 aliphatic rings. The summed E-state index contributed by atoms with van der Waals surface area (Å²) in [6.45, 7) is 3.90. The summed E-state index contributed by atoms with van der Waals surface area (Å²) in [7, 11) is -1.67. The number of hydrogen-bond acceptors (Lipinski definition) is 8. The summed E-state index contributed by atoms with van der Waals surface area (Å²) >= 11 is 0. The smallest absolute Gasteiger partial charge is 0.257 e. The number of nitrogens with zero attached hydrogens (tertiary/aromatic N) is 6. The highest BCUT2D eigenvalue weighted by atomic mass is 32.2. The van der Waals surface area contributed by atoms with Gasteiger partial charge in [-0.15, -0.1) is 5.10 Å². The molecule has 0 spiro atoms. The molecule has 11 heteroatoms. The quantitative estimate of drug-likeness (QED) is 0.476. The standard InChI is InChI=1S/C22H25N7O3S/c1-14-13-32-12-11-27(14)20-18-9-10-19(33(30,31)15-7-8-15)29(18)26-22(25-20)28-17-6-4-3-5-16(17)24-21(28)23-2/h3-6,9-10,14-15H,7-8,11-13H2,1-2H3,(H,23,24). The van der Waals surface area contributed by atoms with Crippen molar-refractivity contribution in [2.75, 3.05) is 37.0 Å². The van der Waals surface area contributed by atoms with Crippen LogP contribution in [0.3, 0.4) is 0 Å². The van der Waals surface area contributed by atoms with Crippen LogP contribution in [0.2, 0.25) is 0 Å². The van der Waals surface area contributed by atoms with Crippen molar-refractivity contribution in [3.05, 3.63) is 36.4 Å². The van der Waals surface area contributed by atoms with Crippen LogP contribution < -0.4 is 10.2 Å². The minimum Gasteiger partial charge on any atom is -0.377 e. The molecule has 10 nitrogen and oxygen atoms in total. The number of sulfone groups is 1. The van der Waals surface area contributed by atoms with Crippen molar-refractivity contribution >= 4 is 38.2 Å². The maximum atomic E-state index is 13.2. The minimum atomic E-state index is -3.46. The van der Waals surface area contributed by atoms with Gasteiger partial charge in [0.25, 0.3) is 5.95 Å². The lowest BCUT2D eigenvalue weighted by Crippen LogP contribution is -2.44. The number of benzene rings is 1. The first-order valence-corrected chi connectivity index (χ1v) is 12.7. The summed E-state index contributed by atoms with van der Waals surface area (Å²) in [5.41, 5.74) is 2.30. The van der Waals surface area contributed by atoms with Crippen LogP contribution in [0.25, 0.3) is 22.5 Å². The third-order valence-electron chi connectivity index (χ3n) is 6.32. The topological polar surface area (TPSA) is 107 Å². The highest BCUT2D eigenvalue weighted by Crippen LogP contribution is 2.36. The monoisotopic (exact) mass is 467 g/mol. The van der Waals surface area contributed by atoms with Crippen molar-refractivity contribution < 1.29 is 13.2 Å². The third kappa shape index (κ3) is 3.17. The number of rotatable bonds is 5. The van der Waals surface area contributed by atoms with Crippen LogP contribution in [-0.2, 0) is 14.6 Å². The van der Waals surface area contributed by atoms with Gasteiger partial charge in [0.2, 0.25) is 5.95 Å². The maximum absolute atomic E-state index is 13.2. The second-order valence-electron chi connectivity index (χ2n) is 8.58. The van der Waals surface area contributed by atoms with Crippen LogP contribution in [0.4, 0.5) is 11.8 Å². The van der Waals surface area contributed by atoms with Crippen molar-refractivity contribution in [3.63, 3.8) is 0 Å². The van der Waals surface area contributed by atoms with Crippen molar-refractivity contribution in [2.45, 2.75) is 36.1 Å². The third-order valence-corrected chi connectivity index (χ3v) is 8.57. The summed E-state index contributed by atoms with van der Waals surface area (Å²) in [5, 5.41) is 7.74. The summed E-state index contributed by atoms with van der Waals surface area (Å²) < 4.78 is 35.4. The molecule has 0 bridgehead atoms. The molecule has 1 saturated carbocycles. The molecule has 1 aromatic carbocycles. The number of imidazole rings is 1. The van der Waals surface area contributed by atoms with Crippen molar-refractivity contribution in [1.29, 1.82) is 0 Å². The van der Waals surface area contributed by atoms with Crippen LogP contribution in [-0.4, -0.2) is 70.7 Å². The molecule has 1 unspecified atom stereocenters. The fraction of sp³-hybridized carbons (Fsp3) is 0.409. The lowest BCUT2D eigenvalue weighted by Gasteiger charge is -2.34. The number of hydrogen-bond donors (Lipinski definition) is 1. The largest absolute Gasteiger partial charge is 0.377 e. The zero-order valence-corrected chi connectivity index (χ0v) is 19.3. The van der Waals surface area contributed by atoms with Crippen LogP contribution in [0.15, 0.2) is 41.4 Å². The van der Waals surface area contributed by atoms with E-state index in [2.05, 4.69) is 22.1 Å². The predicted molar refractivity (Wildman–Crippen MR) is 125 cm³/mol. The van der Waals surface area contributed by atoms with E-state index in [0.717, 1.165) is 11.0 Å². The van der Waals surface area contributed by atoms with E-state index in [1.807, 2.05) is 34.9 Å². The SMILES string of the molecule is CNc1nc2ccccc2n1-c1nc(N2CCOCC2C)c2ccc(S(=O)(=O)C3CC3)n2n1. The van der Waals surface area contributed by atoms with Crippen LogP contribution in [0, 0.1) is 0 Å². The van der Waals surface area contributed by atoms with Gasteiger partial charge >= 0.3 is 0 Å². The lowest BCUT2D eigenvalue weighted by molar-refractivity contribution is 0.0986. The molecule has 172 valence electrons. The molecule has 1 N–H and O–H groups in total. The number of anilines is 2. The Morgan fingerprint density at radius 3 is 2.67 bits per heavy atom. The molecule has 4 heterocycles. The Morgan fingerprint density at radius 1 is 1.09 bits per heavy atom. The molecule has 4 aromatic rings. The minimum absolute atomic E-state index is 0.0898. The summed E-state index contributed by atoms with van der Waals surface area (Å²) in [6.07, 6.45) is 1.38.